The normalized spacial score (nSPS) is 12.3. The lowest BCUT2D eigenvalue weighted by molar-refractivity contribution is -0.119. The summed E-state index contributed by atoms with van der Waals surface area (Å²) in [7, 11) is 0. The van der Waals surface area contributed by atoms with Gasteiger partial charge >= 0.3 is 6.03 Å². The largest absolute Gasteiger partial charge is 0.326 e. The molecular formula is C22H21ClN6O2S. The van der Waals surface area contributed by atoms with E-state index in [0.717, 1.165) is 5.56 Å². The van der Waals surface area contributed by atoms with E-state index in [1.807, 2.05) is 32.0 Å². The zero-order valence-electron chi connectivity index (χ0n) is 17.4. The maximum absolute atomic E-state index is 12.9. The van der Waals surface area contributed by atoms with E-state index >= 15 is 0 Å². The number of nitrogens with one attached hydrogen (secondary N) is 3. The molecule has 0 saturated carbocycles. The topological polar surface area (TPSA) is 120 Å². The Hall–Kier alpha value is -3.48. The van der Waals surface area contributed by atoms with Crippen LogP contribution in [-0.2, 0) is 4.79 Å². The fraction of sp³-hybridized carbons (Fsp3) is 0.227. The minimum absolute atomic E-state index is 0.120. The van der Waals surface area contributed by atoms with Crippen molar-refractivity contribution in [2.75, 3.05) is 10.6 Å². The van der Waals surface area contributed by atoms with Crippen molar-refractivity contribution in [3.63, 3.8) is 0 Å². The van der Waals surface area contributed by atoms with Gasteiger partial charge in [0.25, 0.3) is 0 Å². The van der Waals surface area contributed by atoms with Crippen LogP contribution in [0.5, 0.6) is 0 Å². The second kappa shape index (κ2) is 10.7. The number of carbonyl (C=O) groups excluding carboxylic acids is 2. The molecular weight excluding hydrogens is 448 g/mol. The van der Waals surface area contributed by atoms with Crippen LogP contribution < -0.4 is 16.0 Å². The van der Waals surface area contributed by atoms with Gasteiger partial charge in [-0.05, 0) is 42.3 Å². The molecule has 1 aromatic heterocycles. The highest BCUT2D eigenvalue weighted by Crippen LogP contribution is 2.27. The van der Waals surface area contributed by atoms with Crippen LogP contribution >= 0.6 is 22.9 Å². The second-order valence-corrected chi connectivity index (χ2v) is 8.47. The zero-order valence-corrected chi connectivity index (χ0v) is 19.0. The first kappa shape index (κ1) is 23.2. The van der Waals surface area contributed by atoms with Crippen LogP contribution in [-0.4, -0.2) is 28.2 Å². The maximum Gasteiger partial charge on any atom is 0.319 e. The molecule has 0 aliphatic carbocycles. The van der Waals surface area contributed by atoms with E-state index in [1.165, 1.54) is 11.3 Å². The summed E-state index contributed by atoms with van der Waals surface area (Å²) in [6.45, 7) is 3.82. The lowest BCUT2D eigenvalue weighted by Crippen LogP contribution is -2.49. The Kier molecular flexibility index (Phi) is 7.76. The van der Waals surface area contributed by atoms with Gasteiger partial charge in [0.2, 0.25) is 11.0 Å². The first-order chi connectivity index (χ1) is 15.4. The summed E-state index contributed by atoms with van der Waals surface area (Å²) in [5, 5.41) is 26.8. The van der Waals surface area contributed by atoms with Crippen LogP contribution in [0, 0.1) is 17.2 Å². The van der Waals surface area contributed by atoms with Gasteiger partial charge in [-0.1, -0.05) is 55.3 Å². The molecule has 2 atom stereocenters. The van der Waals surface area contributed by atoms with Crippen molar-refractivity contribution in [1.82, 2.24) is 15.5 Å². The summed E-state index contributed by atoms with van der Waals surface area (Å²) in [4.78, 5) is 25.4. The number of rotatable bonds is 7. The molecule has 8 nitrogen and oxygen atoms in total. The summed E-state index contributed by atoms with van der Waals surface area (Å²) in [6, 6.07) is 14.3. The third-order valence-corrected chi connectivity index (χ3v) is 5.94. The molecule has 2 aromatic carbocycles. The van der Waals surface area contributed by atoms with Gasteiger partial charge in [0.15, 0.2) is 0 Å². The summed E-state index contributed by atoms with van der Waals surface area (Å²) in [5.41, 5.74) is 1.84. The molecule has 1 heterocycles. The van der Waals surface area contributed by atoms with E-state index in [0.29, 0.717) is 32.8 Å². The average molecular weight is 469 g/mol. The molecule has 0 fully saturated rings. The average Bonchev–Trinajstić information content (AvgIpc) is 3.26. The lowest BCUT2D eigenvalue weighted by Gasteiger charge is -2.23. The van der Waals surface area contributed by atoms with Gasteiger partial charge in [-0.15, -0.1) is 10.2 Å². The number of aromatic nitrogens is 2. The number of anilines is 2. The number of nitriles is 1. The molecule has 0 aliphatic heterocycles. The predicted octanol–water partition coefficient (Wildman–Crippen LogP) is 4.91. The molecule has 3 N–H and O–H groups in total. The molecule has 0 bridgehead atoms. The van der Waals surface area contributed by atoms with Crippen LogP contribution in [0.25, 0.3) is 10.6 Å². The lowest BCUT2D eigenvalue weighted by atomic mass is 9.98. The highest BCUT2D eigenvalue weighted by molar-refractivity contribution is 7.18. The number of hydrogen-bond donors (Lipinski definition) is 3. The van der Waals surface area contributed by atoms with Gasteiger partial charge in [0.1, 0.15) is 11.0 Å². The van der Waals surface area contributed by atoms with Crippen molar-refractivity contribution in [2.45, 2.75) is 26.3 Å². The van der Waals surface area contributed by atoms with E-state index in [-0.39, 0.29) is 11.8 Å². The van der Waals surface area contributed by atoms with Crippen molar-refractivity contribution < 1.29 is 9.59 Å². The molecule has 0 aliphatic rings. The molecule has 0 spiro atoms. The molecule has 0 unspecified atom stereocenters. The summed E-state index contributed by atoms with van der Waals surface area (Å²) < 4.78 is 0. The molecule has 3 aromatic rings. The molecule has 3 amide bonds. The molecule has 0 saturated heterocycles. The molecule has 32 heavy (non-hydrogen) atoms. The van der Waals surface area contributed by atoms with Crippen LogP contribution in [0.15, 0.2) is 48.5 Å². The number of halogens is 1. The standard InChI is InChI=1S/C22H21ClN6O2S/c1-3-13(2)18(26-21(31)25-17-10-4-14(12-24)5-11-17)19(30)27-22-29-28-20(32-22)15-6-8-16(23)9-7-15/h4-11,13,18H,3H2,1-2H3,(H2,25,26,31)(H,27,29,30)/t13-,18-/m0/s1. The Balaban J connectivity index is 1.66. The fourth-order valence-electron chi connectivity index (χ4n) is 2.80. The third kappa shape index (κ3) is 6.03. The van der Waals surface area contributed by atoms with Gasteiger partial charge in [-0.25, -0.2) is 4.79 Å². The SMILES string of the molecule is CC[C@H](C)[C@H](NC(=O)Nc1ccc(C#N)cc1)C(=O)Nc1nnc(-c2ccc(Cl)cc2)s1. The number of amides is 3. The Bertz CT molecular complexity index is 1120. The van der Waals surface area contributed by atoms with Crippen LogP contribution in [0.4, 0.5) is 15.6 Å². The van der Waals surface area contributed by atoms with Gasteiger partial charge in [0, 0.05) is 16.3 Å². The zero-order chi connectivity index (χ0) is 23.1. The number of urea groups is 1. The van der Waals surface area contributed by atoms with Gasteiger partial charge in [-0.2, -0.15) is 5.26 Å². The maximum atomic E-state index is 12.9. The monoisotopic (exact) mass is 468 g/mol. The Morgan fingerprint density at radius 1 is 1.09 bits per heavy atom. The Morgan fingerprint density at radius 2 is 1.78 bits per heavy atom. The quantitative estimate of drug-likeness (QED) is 0.455. The molecule has 10 heteroatoms. The number of hydrogen-bond acceptors (Lipinski definition) is 6. The third-order valence-electron chi connectivity index (χ3n) is 4.80. The minimum atomic E-state index is -0.777. The second-order valence-electron chi connectivity index (χ2n) is 7.06. The van der Waals surface area contributed by atoms with Crippen molar-refractivity contribution in [3.05, 3.63) is 59.1 Å². The molecule has 3 rings (SSSR count). The minimum Gasteiger partial charge on any atom is -0.326 e. The highest BCUT2D eigenvalue weighted by Gasteiger charge is 2.27. The number of carbonyl (C=O) groups is 2. The van der Waals surface area contributed by atoms with E-state index in [4.69, 9.17) is 16.9 Å². The highest BCUT2D eigenvalue weighted by atomic mass is 35.5. The van der Waals surface area contributed by atoms with E-state index in [2.05, 4.69) is 26.1 Å². The van der Waals surface area contributed by atoms with Gasteiger partial charge < -0.3 is 10.6 Å². The van der Waals surface area contributed by atoms with E-state index < -0.39 is 12.1 Å². The van der Waals surface area contributed by atoms with Crippen molar-refractivity contribution >= 4 is 45.7 Å². The summed E-state index contributed by atoms with van der Waals surface area (Å²) in [6.07, 6.45) is 0.682. The molecule has 0 radical (unpaired) electrons. The Morgan fingerprint density at radius 3 is 2.41 bits per heavy atom. The van der Waals surface area contributed by atoms with Crippen molar-refractivity contribution in [1.29, 1.82) is 5.26 Å². The summed E-state index contributed by atoms with van der Waals surface area (Å²) >= 11 is 7.15. The van der Waals surface area contributed by atoms with E-state index in [1.54, 1.807) is 36.4 Å². The van der Waals surface area contributed by atoms with Gasteiger partial charge in [-0.3, -0.25) is 10.1 Å². The number of nitrogens with zero attached hydrogens (tertiary/aromatic N) is 3. The Labute approximate surface area is 194 Å². The predicted molar refractivity (Wildman–Crippen MR) is 126 cm³/mol. The molecule has 164 valence electrons. The summed E-state index contributed by atoms with van der Waals surface area (Å²) in [5.74, 6) is -0.501. The van der Waals surface area contributed by atoms with E-state index in [9.17, 15) is 9.59 Å². The van der Waals surface area contributed by atoms with Crippen molar-refractivity contribution in [3.8, 4) is 16.6 Å². The van der Waals surface area contributed by atoms with Crippen LogP contribution in [0.3, 0.4) is 0 Å². The first-order valence-corrected chi connectivity index (χ1v) is 11.1. The van der Waals surface area contributed by atoms with Gasteiger partial charge in [0.05, 0.1) is 11.6 Å². The number of benzene rings is 2. The first-order valence-electron chi connectivity index (χ1n) is 9.87. The van der Waals surface area contributed by atoms with Crippen LogP contribution in [0.2, 0.25) is 5.02 Å². The van der Waals surface area contributed by atoms with Crippen molar-refractivity contribution in [2.24, 2.45) is 5.92 Å². The van der Waals surface area contributed by atoms with Crippen LogP contribution in [0.1, 0.15) is 25.8 Å². The fourth-order valence-corrected chi connectivity index (χ4v) is 3.68. The smallest absolute Gasteiger partial charge is 0.319 e.